The van der Waals surface area contributed by atoms with E-state index in [0.29, 0.717) is 12.3 Å². The van der Waals surface area contributed by atoms with Gasteiger partial charge in [0, 0.05) is 28.8 Å². The number of fused-ring (bicyclic) bond motifs is 2. The van der Waals surface area contributed by atoms with Crippen LogP contribution in [-0.2, 0) is 16.8 Å². The van der Waals surface area contributed by atoms with E-state index in [4.69, 9.17) is 0 Å². The number of benzene rings is 1. The maximum atomic E-state index is 12.4. The van der Waals surface area contributed by atoms with E-state index in [1.807, 2.05) is 25.2 Å². The van der Waals surface area contributed by atoms with Crippen molar-refractivity contribution in [2.45, 2.75) is 70.4 Å². The van der Waals surface area contributed by atoms with Crippen LogP contribution >= 0.6 is 11.3 Å². The van der Waals surface area contributed by atoms with Gasteiger partial charge in [-0.3, -0.25) is 9.69 Å². The number of thiophene rings is 1. The average Bonchev–Trinajstić information content (AvgIpc) is 3.19. The summed E-state index contributed by atoms with van der Waals surface area (Å²) in [5, 5.41) is 3.08. The summed E-state index contributed by atoms with van der Waals surface area (Å²) in [6.07, 6.45) is 4.16. The number of rotatable bonds is 5. The number of likely N-dealkylation sites (tertiary alicyclic amines) is 1. The Morgan fingerprint density at radius 3 is 2.64 bits per heavy atom. The molecule has 28 heavy (non-hydrogen) atoms. The molecule has 1 spiro atoms. The number of hydrogen-bond acceptors (Lipinski definition) is 3. The molecule has 2 aliphatic rings. The molecule has 1 saturated heterocycles. The monoisotopic (exact) mass is 396 g/mol. The van der Waals surface area contributed by atoms with Crippen LogP contribution in [0.3, 0.4) is 0 Å². The lowest BCUT2D eigenvalue weighted by Crippen LogP contribution is -2.41. The number of piperidine rings is 1. The Morgan fingerprint density at radius 1 is 1.21 bits per heavy atom. The van der Waals surface area contributed by atoms with Gasteiger partial charge in [-0.1, -0.05) is 24.3 Å². The van der Waals surface area contributed by atoms with Crippen LogP contribution in [0.2, 0.25) is 0 Å². The fourth-order valence-corrected chi connectivity index (χ4v) is 6.15. The highest BCUT2D eigenvalue weighted by molar-refractivity contribution is 7.11. The van der Waals surface area contributed by atoms with Gasteiger partial charge in [0.15, 0.2) is 0 Å². The molecule has 150 valence electrons. The largest absolute Gasteiger partial charge is 0.354 e. The van der Waals surface area contributed by atoms with Gasteiger partial charge in [0.1, 0.15) is 0 Å². The van der Waals surface area contributed by atoms with Crippen molar-refractivity contribution in [1.82, 2.24) is 10.2 Å². The van der Waals surface area contributed by atoms with E-state index < -0.39 is 0 Å². The molecular weight excluding hydrogens is 364 g/mol. The fraction of sp³-hybridized carbons (Fsp3) is 0.542. The lowest BCUT2D eigenvalue weighted by molar-refractivity contribution is -0.122. The van der Waals surface area contributed by atoms with Gasteiger partial charge >= 0.3 is 0 Å². The van der Waals surface area contributed by atoms with Crippen LogP contribution in [0.4, 0.5) is 0 Å². The summed E-state index contributed by atoms with van der Waals surface area (Å²) in [5.41, 5.74) is 3.20. The number of aryl methyl sites for hydroxylation is 1. The van der Waals surface area contributed by atoms with Gasteiger partial charge in [0.25, 0.3) is 0 Å². The van der Waals surface area contributed by atoms with Crippen molar-refractivity contribution in [3.8, 4) is 0 Å². The van der Waals surface area contributed by atoms with Crippen molar-refractivity contribution in [1.29, 1.82) is 0 Å². The molecule has 0 unspecified atom stereocenters. The van der Waals surface area contributed by atoms with Crippen molar-refractivity contribution in [3.63, 3.8) is 0 Å². The molecule has 1 aliphatic carbocycles. The molecule has 4 rings (SSSR count). The molecule has 1 aliphatic heterocycles. The van der Waals surface area contributed by atoms with E-state index in [-0.39, 0.29) is 17.4 Å². The summed E-state index contributed by atoms with van der Waals surface area (Å²) >= 11 is 1.92. The molecule has 1 aromatic heterocycles. The second-order valence-electron chi connectivity index (χ2n) is 8.98. The van der Waals surface area contributed by atoms with Crippen LogP contribution in [0, 0.1) is 6.92 Å². The third-order valence-corrected chi connectivity index (χ3v) is 7.46. The van der Waals surface area contributed by atoms with Crippen molar-refractivity contribution in [2.75, 3.05) is 13.1 Å². The van der Waals surface area contributed by atoms with E-state index in [2.05, 4.69) is 53.5 Å². The zero-order chi connectivity index (χ0) is 19.7. The van der Waals surface area contributed by atoms with Crippen LogP contribution in [-0.4, -0.2) is 29.9 Å². The summed E-state index contributed by atoms with van der Waals surface area (Å²) in [7, 11) is 0. The van der Waals surface area contributed by atoms with Crippen LogP contribution in [0.25, 0.3) is 0 Å². The first-order chi connectivity index (χ1) is 13.4. The molecule has 0 saturated carbocycles. The third-order valence-electron chi connectivity index (χ3n) is 6.48. The molecule has 1 fully saturated rings. The predicted octanol–water partition coefficient (Wildman–Crippen LogP) is 4.99. The summed E-state index contributed by atoms with van der Waals surface area (Å²) in [4.78, 5) is 17.9. The van der Waals surface area contributed by atoms with E-state index in [0.717, 1.165) is 26.1 Å². The average molecular weight is 397 g/mol. The Hall–Kier alpha value is -1.65. The molecule has 0 bridgehead atoms. The minimum atomic E-state index is 0.192. The third kappa shape index (κ3) is 4.04. The topological polar surface area (TPSA) is 32.3 Å². The number of nitrogens with zero attached hydrogens (tertiary/aromatic N) is 1. The first-order valence-electron chi connectivity index (χ1n) is 10.6. The molecule has 4 heteroatoms. The highest BCUT2D eigenvalue weighted by Crippen LogP contribution is 2.52. The van der Waals surface area contributed by atoms with Crippen molar-refractivity contribution in [2.24, 2.45) is 0 Å². The quantitative estimate of drug-likeness (QED) is 0.772. The summed E-state index contributed by atoms with van der Waals surface area (Å²) in [6.45, 7) is 9.63. The summed E-state index contributed by atoms with van der Waals surface area (Å²) in [5.74, 6) is 0.554. The normalized spacial score (nSPS) is 21.2. The first kappa shape index (κ1) is 19.7. The Labute approximate surface area is 173 Å². The SMILES string of the molecule is Cc1ccc(CN2CCC3(CC2)C[C@@H](CC(=O)NC(C)C)c2ccccc23)s1. The molecule has 1 N–H and O–H groups in total. The molecule has 3 nitrogen and oxygen atoms in total. The van der Waals surface area contributed by atoms with Gasteiger partial charge in [-0.05, 0) is 87.7 Å². The summed E-state index contributed by atoms with van der Waals surface area (Å²) < 4.78 is 0. The number of hydrogen-bond donors (Lipinski definition) is 1. The maximum absolute atomic E-state index is 12.4. The molecular formula is C24H32N2OS. The van der Waals surface area contributed by atoms with Crippen molar-refractivity contribution in [3.05, 3.63) is 57.3 Å². The molecule has 1 atom stereocenters. The molecule has 1 amide bonds. The van der Waals surface area contributed by atoms with E-state index in [1.54, 1.807) is 0 Å². The second-order valence-corrected chi connectivity index (χ2v) is 10.4. The van der Waals surface area contributed by atoms with E-state index in [9.17, 15) is 4.79 Å². The maximum Gasteiger partial charge on any atom is 0.220 e. The molecule has 0 radical (unpaired) electrons. The van der Waals surface area contributed by atoms with Gasteiger partial charge < -0.3 is 5.32 Å². The Kier molecular flexibility index (Phi) is 5.62. The standard InChI is InChI=1S/C24H32N2OS/c1-17(2)25-23(27)14-19-15-24(22-7-5-4-6-21(19)22)10-12-26(13-11-24)16-20-9-8-18(3)28-20/h4-9,17,19H,10-16H2,1-3H3,(H,25,27)/t19-/m1/s1. The van der Waals surface area contributed by atoms with Gasteiger partial charge in [-0.15, -0.1) is 11.3 Å². The second kappa shape index (κ2) is 8.00. The van der Waals surface area contributed by atoms with E-state index in [1.165, 1.54) is 33.7 Å². The predicted molar refractivity (Wildman–Crippen MR) is 117 cm³/mol. The fourth-order valence-electron chi connectivity index (χ4n) is 5.22. The van der Waals surface area contributed by atoms with E-state index >= 15 is 0 Å². The Bertz CT molecular complexity index is 833. The number of nitrogens with one attached hydrogen (secondary N) is 1. The number of carbonyl (C=O) groups excluding carboxylic acids is 1. The van der Waals surface area contributed by atoms with Crippen LogP contribution < -0.4 is 5.32 Å². The highest BCUT2D eigenvalue weighted by Gasteiger charge is 2.45. The Morgan fingerprint density at radius 2 is 1.96 bits per heavy atom. The van der Waals surface area contributed by atoms with Gasteiger partial charge in [-0.2, -0.15) is 0 Å². The van der Waals surface area contributed by atoms with Crippen molar-refractivity contribution < 1.29 is 4.79 Å². The molecule has 2 aromatic rings. The minimum absolute atomic E-state index is 0.192. The summed E-state index contributed by atoms with van der Waals surface area (Å²) in [6, 6.07) is 13.6. The van der Waals surface area contributed by atoms with Crippen LogP contribution in [0.1, 0.15) is 66.3 Å². The number of carbonyl (C=O) groups is 1. The molecule has 1 aromatic carbocycles. The van der Waals surface area contributed by atoms with Crippen molar-refractivity contribution >= 4 is 17.2 Å². The minimum Gasteiger partial charge on any atom is -0.354 e. The van der Waals surface area contributed by atoms with Gasteiger partial charge in [-0.25, -0.2) is 0 Å². The number of amides is 1. The molecule has 2 heterocycles. The van der Waals surface area contributed by atoms with Gasteiger partial charge in [0.2, 0.25) is 5.91 Å². The smallest absolute Gasteiger partial charge is 0.220 e. The zero-order valence-corrected chi connectivity index (χ0v) is 18.1. The van der Waals surface area contributed by atoms with Gasteiger partial charge in [0.05, 0.1) is 0 Å². The Balaban J connectivity index is 1.45. The lowest BCUT2D eigenvalue weighted by Gasteiger charge is -2.40. The lowest BCUT2D eigenvalue weighted by atomic mass is 9.73. The van der Waals surface area contributed by atoms with Crippen LogP contribution in [0.5, 0.6) is 0 Å². The first-order valence-corrected chi connectivity index (χ1v) is 11.4. The zero-order valence-electron chi connectivity index (χ0n) is 17.3. The van der Waals surface area contributed by atoms with Crippen LogP contribution in [0.15, 0.2) is 36.4 Å². The highest BCUT2D eigenvalue weighted by atomic mass is 32.1.